The summed E-state index contributed by atoms with van der Waals surface area (Å²) in [5.74, 6) is -1.35. The molecule has 9 heteroatoms. The molecular formula is C17H14BrF2NO4S. The average molecular weight is 446 g/mol. The second kappa shape index (κ2) is 10.1. The van der Waals surface area contributed by atoms with Gasteiger partial charge in [0, 0.05) is 9.37 Å². The highest BCUT2D eigenvalue weighted by molar-refractivity contribution is 9.10. The Kier molecular flexibility index (Phi) is 7.86. The van der Waals surface area contributed by atoms with Crippen molar-refractivity contribution in [3.63, 3.8) is 0 Å². The summed E-state index contributed by atoms with van der Waals surface area (Å²) >= 11 is 4.59. The van der Waals surface area contributed by atoms with Gasteiger partial charge in [-0.1, -0.05) is 28.1 Å². The molecule has 0 spiro atoms. The van der Waals surface area contributed by atoms with E-state index >= 15 is 0 Å². The molecule has 0 aliphatic carbocycles. The summed E-state index contributed by atoms with van der Waals surface area (Å²) in [4.78, 5) is 24.4. The monoisotopic (exact) mass is 445 g/mol. The van der Waals surface area contributed by atoms with Crippen LogP contribution >= 0.6 is 27.7 Å². The van der Waals surface area contributed by atoms with Gasteiger partial charge in [-0.3, -0.25) is 9.59 Å². The number of nitrogens with one attached hydrogen (secondary N) is 1. The average Bonchev–Trinajstić information content (AvgIpc) is 2.61. The highest BCUT2D eigenvalue weighted by atomic mass is 79.9. The Bertz CT molecular complexity index is 759. The standard InChI is InChI=1S/C17H14BrF2NO4S/c18-11-5-7-12(8-6-11)26-10-16(23)24-9-15(22)21-13-3-1-2-4-14(13)25-17(19)20/h1-8,17H,9-10H2,(H,21,22). The van der Waals surface area contributed by atoms with Crippen LogP contribution in [-0.4, -0.2) is 30.8 Å². The minimum atomic E-state index is -3.01. The lowest BCUT2D eigenvalue weighted by atomic mass is 10.3. The lowest BCUT2D eigenvalue weighted by molar-refractivity contribution is -0.144. The third-order valence-corrected chi connectivity index (χ3v) is 4.43. The summed E-state index contributed by atoms with van der Waals surface area (Å²) in [6.07, 6.45) is 0. The Balaban J connectivity index is 1.78. The normalized spacial score (nSPS) is 10.5. The molecule has 0 bridgehead atoms. The van der Waals surface area contributed by atoms with Gasteiger partial charge in [-0.25, -0.2) is 0 Å². The molecule has 0 fully saturated rings. The zero-order chi connectivity index (χ0) is 18.9. The van der Waals surface area contributed by atoms with Crippen molar-refractivity contribution in [1.29, 1.82) is 0 Å². The zero-order valence-electron chi connectivity index (χ0n) is 13.3. The van der Waals surface area contributed by atoms with Gasteiger partial charge in [-0.05, 0) is 36.4 Å². The van der Waals surface area contributed by atoms with Gasteiger partial charge >= 0.3 is 12.6 Å². The van der Waals surface area contributed by atoms with Crippen molar-refractivity contribution in [3.8, 4) is 5.75 Å². The van der Waals surface area contributed by atoms with Crippen LogP contribution in [0, 0.1) is 0 Å². The number of amides is 1. The van der Waals surface area contributed by atoms with Crippen LogP contribution < -0.4 is 10.1 Å². The van der Waals surface area contributed by atoms with Gasteiger partial charge in [0.25, 0.3) is 5.91 Å². The van der Waals surface area contributed by atoms with Gasteiger partial charge in [0.2, 0.25) is 0 Å². The maximum atomic E-state index is 12.3. The van der Waals surface area contributed by atoms with E-state index in [1.165, 1.54) is 30.0 Å². The SMILES string of the molecule is O=C(COC(=O)CSc1ccc(Br)cc1)Nc1ccccc1OC(F)F. The predicted octanol–water partition coefficient (Wildman–Crippen LogP) is 4.32. The van der Waals surface area contributed by atoms with Gasteiger partial charge in [0.15, 0.2) is 6.61 Å². The molecule has 0 heterocycles. The van der Waals surface area contributed by atoms with E-state index in [4.69, 9.17) is 4.74 Å². The Hall–Kier alpha value is -2.13. The first-order valence-electron chi connectivity index (χ1n) is 7.31. The molecule has 0 radical (unpaired) electrons. The van der Waals surface area contributed by atoms with Crippen LogP contribution in [0.5, 0.6) is 5.75 Å². The molecule has 26 heavy (non-hydrogen) atoms. The summed E-state index contributed by atoms with van der Waals surface area (Å²) in [7, 11) is 0. The number of anilines is 1. The molecular weight excluding hydrogens is 432 g/mol. The highest BCUT2D eigenvalue weighted by Crippen LogP contribution is 2.25. The first-order valence-corrected chi connectivity index (χ1v) is 9.09. The van der Waals surface area contributed by atoms with E-state index in [0.717, 1.165) is 9.37 Å². The minimum Gasteiger partial charge on any atom is -0.455 e. The summed E-state index contributed by atoms with van der Waals surface area (Å²) < 4.78 is 34.8. The number of esters is 1. The van der Waals surface area contributed by atoms with Crippen molar-refractivity contribution < 1.29 is 27.8 Å². The predicted molar refractivity (Wildman–Crippen MR) is 97.5 cm³/mol. The molecule has 0 saturated heterocycles. The summed E-state index contributed by atoms with van der Waals surface area (Å²) in [5.41, 5.74) is 0.0677. The van der Waals surface area contributed by atoms with Gasteiger partial charge < -0.3 is 14.8 Å². The zero-order valence-corrected chi connectivity index (χ0v) is 15.7. The molecule has 0 saturated carbocycles. The van der Waals surface area contributed by atoms with E-state index in [-0.39, 0.29) is 17.2 Å². The highest BCUT2D eigenvalue weighted by Gasteiger charge is 2.13. The number of carbonyl (C=O) groups excluding carboxylic acids is 2. The Morgan fingerprint density at radius 1 is 1.12 bits per heavy atom. The van der Waals surface area contributed by atoms with Crippen molar-refractivity contribution in [3.05, 3.63) is 53.0 Å². The molecule has 0 unspecified atom stereocenters. The third kappa shape index (κ3) is 7.01. The summed E-state index contributed by atoms with van der Waals surface area (Å²) in [6.45, 7) is -3.54. The summed E-state index contributed by atoms with van der Waals surface area (Å²) in [6, 6.07) is 13.1. The van der Waals surface area contributed by atoms with E-state index in [1.54, 1.807) is 6.07 Å². The summed E-state index contributed by atoms with van der Waals surface area (Å²) in [5, 5.41) is 2.36. The quantitative estimate of drug-likeness (QED) is 0.483. The number of rotatable bonds is 8. The second-order valence-corrected chi connectivity index (χ2v) is 6.79. The largest absolute Gasteiger partial charge is 0.455 e. The van der Waals surface area contributed by atoms with E-state index in [2.05, 4.69) is 26.0 Å². The molecule has 2 rings (SSSR count). The Labute approximate surface area is 161 Å². The van der Waals surface area contributed by atoms with Crippen LogP contribution in [0.3, 0.4) is 0 Å². The number of hydrogen-bond donors (Lipinski definition) is 1. The van der Waals surface area contributed by atoms with Crippen molar-refractivity contribution >= 4 is 45.3 Å². The van der Waals surface area contributed by atoms with E-state index in [0.29, 0.717) is 0 Å². The third-order valence-electron chi connectivity index (χ3n) is 2.91. The van der Waals surface area contributed by atoms with Crippen LogP contribution in [0.25, 0.3) is 0 Å². The van der Waals surface area contributed by atoms with Crippen molar-refractivity contribution in [2.45, 2.75) is 11.5 Å². The van der Waals surface area contributed by atoms with Crippen LogP contribution in [-0.2, 0) is 14.3 Å². The van der Waals surface area contributed by atoms with Crippen molar-refractivity contribution in [2.75, 3.05) is 17.7 Å². The number of benzene rings is 2. The molecule has 0 aliphatic rings. The number of carbonyl (C=O) groups is 2. The molecule has 0 atom stereocenters. The van der Waals surface area contributed by atoms with Crippen LogP contribution in [0.4, 0.5) is 14.5 Å². The fourth-order valence-electron chi connectivity index (χ4n) is 1.82. The van der Waals surface area contributed by atoms with E-state index in [9.17, 15) is 18.4 Å². The second-order valence-electron chi connectivity index (χ2n) is 4.83. The van der Waals surface area contributed by atoms with Crippen LogP contribution in [0.15, 0.2) is 57.9 Å². The van der Waals surface area contributed by atoms with E-state index < -0.39 is 25.1 Å². The van der Waals surface area contributed by atoms with Crippen LogP contribution in [0.2, 0.25) is 0 Å². The van der Waals surface area contributed by atoms with Crippen molar-refractivity contribution in [1.82, 2.24) is 0 Å². The smallest absolute Gasteiger partial charge is 0.387 e. The number of ether oxygens (including phenoxy) is 2. The molecule has 138 valence electrons. The van der Waals surface area contributed by atoms with Gasteiger partial charge in [-0.15, -0.1) is 11.8 Å². The maximum absolute atomic E-state index is 12.3. The maximum Gasteiger partial charge on any atom is 0.387 e. The molecule has 2 aromatic carbocycles. The molecule has 0 aromatic heterocycles. The first kappa shape index (κ1) is 20.2. The lowest BCUT2D eigenvalue weighted by Crippen LogP contribution is -2.22. The van der Waals surface area contributed by atoms with Gasteiger partial charge in [0.05, 0.1) is 11.4 Å². The van der Waals surface area contributed by atoms with Gasteiger partial charge in [-0.2, -0.15) is 8.78 Å². The fraction of sp³-hybridized carbons (Fsp3) is 0.176. The number of hydrogen-bond acceptors (Lipinski definition) is 5. The fourth-order valence-corrected chi connectivity index (χ4v) is 2.78. The first-order chi connectivity index (χ1) is 12.4. The van der Waals surface area contributed by atoms with Crippen LogP contribution in [0.1, 0.15) is 0 Å². The van der Waals surface area contributed by atoms with E-state index in [1.807, 2.05) is 24.3 Å². The molecule has 2 aromatic rings. The molecule has 1 N–H and O–H groups in total. The minimum absolute atomic E-state index is 0.0417. The number of para-hydroxylation sites is 2. The number of alkyl halides is 2. The number of halogens is 3. The van der Waals surface area contributed by atoms with Gasteiger partial charge in [0.1, 0.15) is 5.75 Å². The number of thioether (sulfide) groups is 1. The molecule has 1 amide bonds. The Morgan fingerprint density at radius 3 is 2.50 bits per heavy atom. The Morgan fingerprint density at radius 2 is 1.81 bits per heavy atom. The van der Waals surface area contributed by atoms with Crippen molar-refractivity contribution in [2.24, 2.45) is 0 Å². The lowest BCUT2D eigenvalue weighted by Gasteiger charge is -2.11. The molecule has 5 nitrogen and oxygen atoms in total. The molecule has 0 aliphatic heterocycles. The topological polar surface area (TPSA) is 64.6 Å².